The van der Waals surface area contributed by atoms with E-state index in [0.717, 1.165) is 19.9 Å². The first-order valence-corrected chi connectivity index (χ1v) is 9.47. The molecule has 3 aromatic carbocycles. The molecular weight excluding hydrogens is 471 g/mol. The number of nitrogens with one attached hydrogen (secondary N) is 1. The van der Waals surface area contributed by atoms with Gasteiger partial charge in [-0.1, -0.05) is 24.3 Å². The standard InChI is InChI=1S/C21H19IN2O4/c1-26-18-11-15-7-5-4-6-14(15)10-16(18)21(25)24-23-12-13-8-17(22)20(28-3)19(9-13)27-2/h4-12H,1-3H3,(H,24,25). The second kappa shape index (κ2) is 8.92. The Morgan fingerprint density at radius 1 is 0.964 bits per heavy atom. The average Bonchev–Trinajstić information content (AvgIpc) is 2.72. The van der Waals surface area contributed by atoms with Crippen LogP contribution in [0, 0.1) is 3.57 Å². The summed E-state index contributed by atoms with van der Waals surface area (Å²) < 4.78 is 16.9. The molecule has 0 spiro atoms. The van der Waals surface area contributed by atoms with Gasteiger partial charge in [0.05, 0.1) is 36.7 Å². The van der Waals surface area contributed by atoms with Gasteiger partial charge in [-0.15, -0.1) is 0 Å². The third kappa shape index (κ3) is 4.19. The largest absolute Gasteiger partial charge is 0.496 e. The van der Waals surface area contributed by atoms with Crippen molar-refractivity contribution in [1.82, 2.24) is 5.43 Å². The van der Waals surface area contributed by atoms with E-state index in [1.165, 1.54) is 7.11 Å². The molecule has 6 nitrogen and oxygen atoms in total. The average molecular weight is 490 g/mol. The predicted octanol–water partition coefficient (Wildman–Crippen LogP) is 4.23. The van der Waals surface area contributed by atoms with Gasteiger partial charge >= 0.3 is 0 Å². The summed E-state index contributed by atoms with van der Waals surface area (Å²) in [5, 5.41) is 6.02. The molecule has 28 heavy (non-hydrogen) atoms. The van der Waals surface area contributed by atoms with Crippen LogP contribution in [0.3, 0.4) is 0 Å². The number of nitrogens with zero attached hydrogens (tertiary/aromatic N) is 1. The van der Waals surface area contributed by atoms with Crippen LogP contribution >= 0.6 is 22.6 Å². The third-order valence-corrected chi connectivity index (χ3v) is 4.95. The van der Waals surface area contributed by atoms with E-state index in [-0.39, 0.29) is 5.91 Å². The lowest BCUT2D eigenvalue weighted by Gasteiger charge is -2.10. The van der Waals surface area contributed by atoms with Gasteiger partial charge in [0.2, 0.25) is 0 Å². The number of carbonyl (C=O) groups is 1. The van der Waals surface area contributed by atoms with E-state index in [9.17, 15) is 4.79 Å². The Kier molecular flexibility index (Phi) is 6.35. The molecule has 144 valence electrons. The number of hydrogen-bond acceptors (Lipinski definition) is 5. The fourth-order valence-corrected chi connectivity index (χ4v) is 3.65. The number of hydrazone groups is 1. The van der Waals surface area contributed by atoms with Crippen LogP contribution in [-0.4, -0.2) is 33.5 Å². The van der Waals surface area contributed by atoms with Crippen molar-refractivity contribution in [1.29, 1.82) is 0 Å². The summed E-state index contributed by atoms with van der Waals surface area (Å²) >= 11 is 2.16. The molecule has 0 bridgehead atoms. The maximum absolute atomic E-state index is 12.6. The van der Waals surface area contributed by atoms with Crippen molar-refractivity contribution < 1.29 is 19.0 Å². The molecule has 3 rings (SSSR count). The SMILES string of the molecule is COc1cc2ccccc2cc1C(=O)NN=Cc1cc(I)c(OC)c(OC)c1. The zero-order chi connectivity index (χ0) is 20.1. The Labute approximate surface area is 176 Å². The molecule has 3 aromatic rings. The number of carbonyl (C=O) groups excluding carboxylic acids is 1. The minimum atomic E-state index is -0.353. The van der Waals surface area contributed by atoms with Crippen molar-refractivity contribution in [2.75, 3.05) is 21.3 Å². The molecule has 0 fully saturated rings. The van der Waals surface area contributed by atoms with Crippen molar-refractivity contribution >= 4 is 45.5 Å². The van der Waals surface area contributed by atoms with E-state index >= 15 is 0 Å². The van der Waals surface area contributed by atoms with E-state index in [2.05, 4.69) is 33.1 Å². The molecule has 7 heteroatoms. The molecule has 1 N–H and O–H groups in total. The molecule has 0 aliphatic heterocycles. The topological polar surface area (TPSA) is 69.2 Å². The number of ether oxygens (including phenoxy) is 3. The fourth-order valence-electron chi connectivity index (χ4n) is 2.80. The Hall–Kier alpha value is -2.81. The lowest BCUT2D eigenvalue weighted by molar-refractivity contribution is 0.0952. The highest BCUT2D eigenvalue weighted by Crippen LogP contribution is 2.33. The highest BCUT2D eigenvalue weighted by atomic mass is 127. The Morgan fingerprint density at radius 3 is 2.29 bits per heavy atom. The Balaban J connectivity index is 1.82. The zero-order valence-corrected chi connectivity index (χ0v) is 17.8. The second-order valence-corrected chi connectivity index (χ2v) is 7.00. The number of halogens is 1. The fraction of sp³-hybridized carbons (Fsp3) is 0.143. The van der Waals surface area contributed by atoms with Gasteiger partial charge in [0, 0.05) is 0 Å². The van der Waals surface area contributed by atoms with Crippen LogP contribution in [0.15, 0.2) is 53.6 Å². The molecule has 0 aliphatic rings. The minimum absolute atomic E-state index is 0.353. The number of hydrogen-bond donors (Lipinski definition) is 1. The summed E-state index contributed by atoms with van der Waals surface area (Å²) in [7, 11) is 4.70. The van der Waals surface area contributed by atoms with Gasteiger partial charge < -0.3 is 14.2 Å². The van der Waals surface area contributed by atoms with E-state index < -0.39 is 0 Å². The quantitative estimate of drug-likeness (QED) is 0.319. The first kappa shape index (κ1) is 19.9. The molecular formula is C21H19IN2O4. The van der Waals surface area contributed by atoms with Crippen LogP contribution < -0.4 is 19.6 Å². The maximum Gasteiger partial charge on any atom is 0.275 e. The predicted molar refractivity (Wildman–Crippen MR) is 118 cm³/mol. The van der Waals surface area contributed by atoms with Gasteiger partial charge in [-0.3, -0.25) is 4.79 Å². The van der Waals surface area contributed by atoms with Crippen LogP contribution in [0.5, 0.6) is 17.2 Å². The van der Waals surface area contributed by atoms with Crippen molar-refractivity contribution in [2.45, 2.75) is 0 Å². The van der Waals surface area contributed by atoms with E-state index in [1.807, 2.05) is 36.4 Å². The zero-order valence-electron chi connectivity index (χ0n) is 15.7. The van der Waals surface area contributed by atoms with Crippen LogP contribution in [0.25, 0.3) is 10.8 Å². The van der Waals surface area contributed by atoms with Gasteiger partial charge in [0.1, 0.15) is 5.75 Å². The molecule has 0 saturated heterocycles. The van der Waals surface area contributed by atoms with Gasteiger partial charge in [0.25, 0.3) is 5.91 Å². The summed E-state index contributed by atoms with van der Waals surface area (Å²) in [6.07, 6.45) is 1.55. The molecule has 0 radical (unpaired) electrons. The summed E-state index contributed by atoms with van der Waals surface area (Å²) in [5.41, 5.74) is 3.74. The maximum atomic E-state index is 12.6. The van der Waals surface area contributed by atoms with Crippen molar-refractivity contribution in [3.05, 3.63) is 63.2 Å². The number of fused-ring (bicyclic) bond motifs is 1. The van der Waals surface area contributed by atoms with Crippen molar-refractivity contribution in [2.24, 2.45) is 5.10 Å². The third-order valence-electron chi connectivity index (χ3n) is 4.15. The number of amides is 1. The molecule has 0 aromatic heterocycles. The van der Waals surface area contributed by atoms with E-state index in [4.69, 9.17) is 14.2 Å². The Bertz CT molecular complexity index is 1050. The smallest absolute Gasteiger partial charge is 0.275 e. The van der Waals surface area contributed by atoms with E-state index in [0.29, 0.717) is 22.8 Å². The van der Waals surface area contributed by atoms with Crippen LogP contribution in [0.4, 0.5) is 0 Å². The number of methoxy groups -OCH3 is 3. The minimum Gasteiger partial charge on any atom is -0.496 e. The van der Waals surface area contributed by atoms with Gasteiger partial charge in [0.15, 0.2) is 11.5 Å². The number of benzene rings is 3. The van der Waals surface area contributed by atoms with Crippen molar-refractivity contribution in [3.8, 4) is 17.2 Å². The summed E-state index contributed by atoms with van der Waals surface area (Å²) in [4.78, 5) is 12.6. The second-order valence-electron chi connectivity index (χ2n) is 5.84. The number of rotatable bonds is 6. The monoisotopic (exact) mass is 490 g/mol. The van der Waals surface area contributed by atoms with Gasteiger partial charge in [-0.25, -0.2) is 5.43 Å². The molecule has 0 atom stereocenters. The normalized spacial score (nSPS) is 10.9. The first-order chi connectivity index (χ1) is 13.6. The first-order valence-electron chi connectivity index (χ1n) is 8.39. The van der Waals surface area contributed by atoms with Crippen LogP contribution in [0.2, 0.25) is 0 Å². The lowest BCUT2D eigenvalue weighted by atomic mass is 10.1. The van der Waals surface area contributed by atoms with Crippen LogP contribution in [0.1, 0.15) is 15.9 Å². The summed E-state index contributed by atoms with van der Waals surface area (Å²) in [6.45, 7) is 0. The molecule has 0 unspecified atom stereocenters. The molecule has 0 aliphatic carbocycles. The van der Waals surface area contributed by atoms with Crippen molar-refractivity contribution in [3.63, 3.8) is 0 Å². The summed E-state index contributed by atoms with van der Waals surface area (Å²) in [6, 6.07) is 15.1. The molecule has 0 heterocycles. The highest BCUT2D eigenvalue weighted by molar-refractivity contribution is 14.1. The van der Waals surface area contributed by atoms with Gasteiger partial charge in [-0.05, 0) is 63.2 Å². The van der Waals surface area contributed by atoms with Gasteiger partial charge in [-0.2, -0.15) is 5.10 Å². The van der Waals surface area contributed by atoms with Crippen LogP contribution in [-0.2, 0) is 0 Å². The molecule has 0 saturated carbocycles. The highest BCUT2D eigenvalue weighted by Gasteiger charge is 2.13. The lowest BCUT2D eigenvalue weighted by Crippen LogP contribution is -2.18. The van der Waals surface area contributed by atoms with E-state index in [1.54, 1.807) is 32.6 Å². The molecule has 1 amide bonds. The Morgan fingerprint density at radius 2 is 1.64 bits per heavy atom. The summed E-state index contributed by atoms with van der Waals surface area (Å²) in [5.74, 6) is 1.39.